The van der Waals surface area contributed by atoms with E-state index in [4.69, 9.17) is 16.6 Å². The van der Waals surface area contributed by atoms with E-state index < -0.39 is 4.92 Å². The number of amides is 1. The van der Waals surface area contributed by atoms with Crippen LogP contribution in [0.5, 0.6) is 0 Å². The highest BCUT2D eigenvalue weighted by atomic mass is 35.5. The van der Waals surface area contributed by atoms with Crippen LogP contribution in [0.25, 0.3) is 26.9 Å². The van der Waals surface area contributed by atoms with E-state index in [2.05, 4.69) is 5.32 Å². The van der Waals surface area contributed by atoms with Crippen molar-refractivity contribution >= 4 is 56.5 Å². The summed E-state index contributed by atoms with van der Waals surface area (Å²) in [6.07, 6.45) is 2.84. The zero-order valence-electron chi connectivity index (χ0n) is 16.3. The maximum Gasteiger partial charge on any atom is 0.288 e. The van der Waals surface area contributed by atoms with Crippen molar-refractivity contribution in [1.82, 2.24) is 4.98 Å². The van der Waals surface area contributed by atoms with Gasteiger partial charge in [-0.05, 0) is 48.4 Å². The highest BCUT2D eigenvalue weighted by Crippen LogP contribution is 2.34. The van der Waals surface area contributed by atoms with Gasteiger partial charge < -0.3 is 5.32 Å². The number of rotatable bonds is 5. The average Bonchev–Trinajstić information content (AvgIpc) is 3.18. The van der Waals surface area contributed by atoms with Crippen LogP contribution in [0.1, 0.15) is 11.1 Å². The Morgan fingerprint density at radius 3 is 2.74 bits per heavy atom. The summed E-state index contributed by atoms with van der Waals surface area (Å²) in [6.45, 7) is 1.93. The van der Waals surface area contributed by atoms with Gasteiger partial charge in [-0.1, -0.05) is 41.9 Å². The van der Waals surface area contributed by atoms with E-state index in [0.29, 0.717) is 11.3 Å². The number of hydrogen-bond acceptors (Lipinski definition) is 5. The number of nitrogens with zero attached hydrogens (tertiary/aromatic N) is 2. The molecule has 0 bridgehead atoms. The number of anilines is 1. The molecule has 0 saturated carbocycles. The van der Waals surface area contributed by atoms with Crippen LogP contribution in [0, 0.1) is 17.0 Å². The molecule has 0 fully saturated rings. The second-order valence-corrected chi connectivity index (χ2v) is 8.19. The first-order chi connectivity index (χ1) is 14.9. The summed E-state index contributed by atoms with van der Waals surface area (Å²) >= 11 is 7.42. The summed E-state index contributed by atoms with van der Waals surface area (Å²) in [5.74, 6) is -0.345. The van der Waals surface area contributed by atoms with Gasteiger partial charge in [0, 0.05) is 23.4 Å². The number of halogens is 1. The first-order valence-electron chi connectivity index (χ1n) is 9.31. The lowest BCUT2D eigenvalue weighted by Crippen LogP contribution is -2.09. The minimum absolute atomic E-state index is 0.0499. The quantitative estimate of drug-likeness (QED) is 0.214. The molecule has 4 aromatic rings. The number of fused-ring (bicyclic) bond motifs is 1. The highest BCUT2D eigenvalue weighted by Gasteiger charge is 2.13. The molecular weight excluding hydrogens is 434 g/mol. The van der Waals surface area contributed by atoms with E-state index in [0.717, 1.165) is 26.4 Å². The lowest BCUT2D eigenvalue weighted by atomic mass is 10.1. The number of thiazole rings is 1. The van der Waals surface area contributed by atoms with Gasteiger partial charge in [-0.2, -0.15) is 0 Å². The van der Waals surface area contributed by atoms with Gasteiger partial charge in [-0.25, -0.2) is 4.98 Å². The molecule has 0 spiro atoms. The van der Waals surface area contributed by atoms with Crippen LogP contribution in [-0.4, -0.2) is 15.8 Å². The third-order valence-corrected chi connectivity index (χ3v) is 6.10. The number of carbonyl (C=O) groups is 1. The van der Waals surface area contributed by atoms with Crippen molar-refractivity contribution in [3.8, 4) is 10.6 Å². The van der Waals surface area contributed by atoms with E-state index in [9.17, 15) is 14.9 Å². The zero-order chi connectivity index (χ0) is 22.0. The molecule has 1 aromatic heterocycles. The summed E-state index contributed by atoms with van der Waals surface area (Å²) in [7, 11) is 0. The predicted octanol–water partition coefficient (Wildman–Crippen LogP) is 6.49. The van der Waals surface area contributed by atoms with Crippen molar-refractivity contribution in [1.29, 1.82) is 0 Å². The zero-order valence-corrected chi connectivity index (χ0v) is 17.9. The molecule has 8 heteroatoms. The molecule has 1 amide bonds. The third kappa shape index (κ3) is 4.47. The summed E-state index contributed by atoms with van der Waals surface area (Å²) in [6, 6.07) is 18.0. The normalized spacial score (nSPS) is 11.2. The van der Waals surface area contributed by atoms with Gasteiger partial charge in [0.05, 0.1) is 15.1 Å². The lowest BCUT2D eigenvalue weighted by Gasteiger charge is -2.10. The number of benzene rings is 3. The summed E-state index contributed by atoms with van der Waals surface area (Å²) in [4.78, 5) is 27.6. The van der Waals surface area contributed by atoms with Crippen molar-refractivity contribution in [3.05, 3.63) is 93.0 Å². The monoisotopic (exact) mass is 449 g/mol. The van der Waals surface area contributed by atoms with Crippen LogP contribution in [-0.2, 0) is 4.79 Å². The Balaban J connectivity index is 1.55. The van der Waals surface area contributed by atoms with E-state index in [-0.39, 0.29) is 16.6 Å². The van der Waals surface area contributed by atoms with Crippen LogP contribution in [0.2, 0.25) is 5.02 Å². The standard InChI is InChI=1S/C23H16ClN3O3S/c1-14-16(23-26-19-6-2-3-8-21(19)31-23)5-4-7-18(14)25-22(28)12-10-15-9-11-17(24)20(13-15)27(29)30/h2-13H,1H3,(H,25,28). The second kappa shape index (κ2) is 8.67. The molecule has 0 atom stereocenters. The molecule has 1 N–H and O–H groups in total. The number of hydrogen-bond donors (Lipinski definition) is 1. The Morgan fingerprint density at radius 1 is 1.16 bits per heavy atom. The van der Waals surface area contributed by atoms with Crippen LogP contribution in [0.15, 0.2) is 66.7 Å². The van der Waals surface area contributed by atoms with Gasteiger partial charge in [-0.15, -0.1) is 11.3 Å². The molecule has 154 valence electrons. The first kappa shape index (κ1) is 20.7. The molecule has 6 nitrogen and oxygen atoms in total. The largest absolute Gasteiger partial charge is 0.322 e. The number of nitro groups is 1. The van der Waals surface area contributed by atoms with Gasteiger partial charge in [0.1, 0.15) is 10.0 Å². The van der Waals surface area contributed by atoms with Crippen LogP contribution < -0.4 is 5.32 Å². The molecule has 31 heavy (non-hydrogen) atoms. The maximum absolute atomic E-state index is 12.4. The van der Waals surface area contributed by atoms with Crippen molar-refractivity contribution in [3.63, 3.8) is 0 Å². The van der Waals surface area contributed by atoms with Crippen LogP contribution >= 0.6 is 22.9 Å². The average molecular weight is 450 g/mol. The van der Waals surface area contributed by atoms with E-state index in [1.54, 1.807) is 17.4 Å². The van der Waals surface area contributed by atoms with E-state index >= 15 is 0 Å². The number of carbonyl (C=O) groups excluding carboxylic acids is 1. The fourth-order valence-electron chi connectivity index (χ4n) is 3.11. The molecule has 0 aliphatic heterocycles. The van der Waals surface area contributed by atoms with Gasteiger partial charge in [-0.3, -0.25) is 14.9 Å². The molecule has 0 aliphatic rings. The molecule has 0 saturated heterocycles. The van der Waals surface area contributed by atoms with Crippen molar-refractivity contribution < 1.29 is 9.72 Å². The van der Waals surface area contributed by atoms with Crippen LogP contribution in [0.3, 0.4) is 0 Å². The smallest absolute Gasteiger partial charge is 0.288 e. The minimum Gasteiger partial charge on any atom is -0.322 e. The molecule has 0 unspecified atom stereocenters. The number of nitrogens with one attached hydrogen (secondary N) is 1. The molecule has 4 rings (SSSR count). The van der Waals surface area contributed by atoms with Crippen molar-refractivity contribution in [2.75, 3.05) is 5.32 Å². The fourth-order valence-corrected chi connectivity index (χ4v) is 4.34. The Kier molecular flexibility index (Phi) is 5.79. The third-order valence-electron chi connectivity index (χ3n) is 4.71. The Hall–Kier alpha value is -3.55. The fraction of sp³-hybridized carbons (Fsp3) is 0.0435. The van der Waals surface area contributed by atoms with Crippen molar-refractivity contribution in [2.24, 2.45) is 0 Å². The summed E-state index contributed by atoms with van der Waals surface area (Å²) in [5, 5.41) is 14.8. The predicted molar refractivity (Wildman–Crippen MR) is 126 cm³/mol. The van der Waals surface area contributed by atoms with Gasteiger partial charge in [0.25, 0.3) is 5.69 Å². The van der Waals surface area contributed by atoms with Crippen LogP contribution in [0.4, 0.5) is 11.4 Å². The van der Waals surface area contributed by atoms with E-state index in [1.165, 1.54) is 24.3 Å². The van der Waals surface area contributed by atoms with Gasteiger partial charge in [0.15, 0.2) is 0 Å². The summed E-state index contributed by atoms with van der Waals surface area (Å²) < 4.78 is 1.10. The SMILES string of the molecule is Cc1c(NC(=O)C=Cc2ccc(Cl)c([N+](=O)[O-])c2)cccc1-c1nc2ccccc2s1. The minimum atomic E-state index is -0.559. The van der Waals surface area contributed by atoms with Crippen molar-refractivity contribution in [2.45, 2.75) is 6.92 Å². The number of nitro benzene ring substituents is 1. The Bertz CT molecular complexity index is 1310. The first-order valence-corrected chi connectivity index (χ1v) is 10.5. The molecule has 0 radical (unpaired) electrons. The molecule has 1 heterocycles. The Labute approximate surface area is 187 Å². The Morgan fingerprint density at radius 2 is 1.97 bits per heavy atom. The molecule has 0 aliphatic carbocycles. The van der Waals surface area contributed by atoms with Gasteiger partial charge in [0.2, 0.25) is 5.91 Å². The van der Waals surface area contributed by atoms with Gasteiger partial charge >= 0.3 is 0 Å². The van der Waals surface area contributed by atoms with E-state index in [1.807, 2.05) is 49.4 Å². The second-order valence-electron chi connectivity index (χ2n) is 6.76. The molecular formula is C23H16ClN3O3S. The lowest BCUT2D eigenvalue weighted by molar-refractivity contribution is -0.384. The molecule has 3 aromatic carbocycles. The number of aromatic nitrogens is 1. The highest BCUT2D eigenvalue weighted by molar-refractivity contribution is 7.21. The number of para-hydroxylation sites is 1. The summed E-state index contributed by atoms with van der Waals surface area (Å²) in [5.41, 5.74) is 3.78. The topological polar surface area (TPSA) is 85.1 Å². The maximum atomic E-state index is 12.4.